The Morgan fingerprint density at radius 2 is 0.821 bits per heavy atom. The monoisotopic (exact) mass is 512 g/mol. The van der Waals surface area contributed by atoms with Crippen LogP contribution < -0.4 is 9.47 Å². The molecule has 0 aliphatic rings. The molecule has 4 heteroatoms. The van der Waals surface area contributed by atoms with Crippen molar-refractivity contribution in [2.75, 3.05) is 7.11 Å². The second-order valence-electron chi connectivity index (χ2n) is 9.40. The van der Waals surface area contributed by atoms with Crippen molar-refractivity contribution in [1.29, 1.82) is 0 Å². The van der Waals surface area contributed by atoms with Gasteiger partial charge in [0.2, 0.25) is 0 Å². The standard InChI is InChI=1S/C35H28O4/c1-24-3-9-27(10-4-24)34(36)28-11-13-29(14-12-28)35(37)30-15-21-33(22-16-30)39-32-19-7-26(8-20-32)23-25-5-17-31(38-2)18-6-25/h3-22H,23H2,1-2H3. The van der Waals surface area contributed by atoms with Gasteiger partial charge in [-0.3, -0.25) is 9.59 Å². The molecule has 4 nitrogen and oxygen atoms in total. The fourth-order valence-electron chi connectivity index (χ4n) is 4.28. The molecule has 0 amide bonds. The average Bonchev–Trinajstić information content (AvgIpc) is 2.99. The van der Waals surface area contributed by atoms with Gasteiger partial charge in [0.05, 0.1) is 7.11 Å². The third kappa shape index (κ3) is 6.31. The van der Waals surface area contributed by atoms with Crippen LogP contribution in [0.1, 0.15) is 48.5 Å². The summed E-state index contributed by atoms with van der Waals surface area (Å²) in [4.78, 5) is 25.7. The molecule has 0 aliphatic heterocycles. The normalized spacial score (nSPS) is 10.6. The van der Waals surface area contributed by atoms with Crippen molar-refractivity contribution in [2.45, 2.75) is 13.3 Å². The first-order valence-corrected chi connectivity index (χ1v) is 12.7. The second-order valence-corrected chi connectivity index (χ2v) is 9.40. The summed E-state index contributed by atoms with van der Waals surface area (Å²) >= 11 is 0. The van der Waals surface area contributed by atoms with Gasteiger partial charge >= 0.3 is 0 Å². The van der Waals surface area contributed by atoms with E-state index in [0.717, 1.165) is 23.5 Å². The molecule has 39 heavy (non-hydrogen) atoms. The van der Waals surface area contributed by atoms with Gasteiger partial charge in [-0.2, -0.15) is 0 Å². The molecule has 0 aliphatic carbocycles. The number of benzene rings is 5. The van der Waals surface area contributed by atoms with E-state index >= 15 is 0 Å². The molecule has 5 rings (SSSR count). The average molecular weight is 513 g/mol. The lowest BCUT2D eigenvalue weighted by Crippen LogP contribution is -2.04. The molecule has 0 spiro atoms. The fraction of sp³-hybridized carbons (Fsp3) is 0.0857. The molecule has 5 aromatic rings. The minimum atomic E-state index is -0.112. The van der Waals surface area contributed by atoms with Crippen LogP contribution >= 0.6 is 0 Å². The van der Waals surface area contributed by atoms with Crippen LogP contribution in [-0.4, -0.2) is 18.7 Å². The van der Waals surface area contributed by atoms with E-state index in [1.807, 2.05) is 67.6 Å². The molecule has 0 unspecified atom stereocenters. The van der Waals surface area contributed by atoms with Crippen molar-refractivity contribution in [2.24, 2.45) is 0 Å². The maximum absolute atomic E-state index is 13.0. The topological polar surface area (TPSA) is 52.6 Å². The van der Waals surface area contributed by atoms with Gasteiger partial charge in [-0.25, -0.2) is 0 Å². The molecule has 0 saturated carbocycles. The van der Waals surface area contributed by atoms with Gasteiger partial charge in [0.15, 0.2) is 11.6 Å². The number of hydrogen-bond acceptors (Lipinski definition) is 4. The SMILES string of the molecule is COc1ccc(Cc2ccc(Oc3ccc(C(=O)c4ccc(C(=O)c5ccc(C)cc5)cc4)cc3)cc2)cc1. The van der Waals surface area contributed by atoms with Crippen molar-refractivity contribution >= 4 is 11.6 Å². The maximum atomic E-state index is 13.0. The lowest BCUT2D eigenvalue weighted by Gasteiger charge is -2.09. The first-order chi connectivity index (χ1) is 19.0. The molecule has 0 saturated heterocycles. The van der Waals surface area contributed by atoms with Gasteiger partial charge in [0, 0.05) is 22.3 Å². The van der Waals surface area contributed by atoms with Crippen LogP contribution in [0.3, 0.4) is 0 Å². The molecule has 0 bridgehead atoms. The minimum absolute atomic E-state index is 0.0655. The van der Waals surface area contributed by atoms with E-state index in [9.17, 15) is 9.59 Å². The van der Waals surface area contributed by atoms with Gasteiger partial charge in [0.25, 0.3) is 0 Å². The molecule has 0 radical (unpaired) electrons. The van der Waals surface area contributed by atoms with Crippen LogP contribution in [0, 0.1) is 6.92 Å². The number of aryl methyl sites for hydroxylation is 1. The molecule has 0 aromatic heterocycles. The fourth-order valence-corrected chi connectivity index (χ4v) is 4.28. The Balaban J connectivity index is 1.19. The Morgan fingerprint density at radius 1 is 0.487 bits per heavy atom. The Labute approximate surface area is 228 Å². The van der Waals surface area contributed by atoms with Crippen LogP contribution in [0.25, 0.3) is 0 Å². The molecule has 0 atom stereocenters. The number of carbonyl (C=O) groups excluding carboxylic acids is 2. The van der Waals surface area contributed by atoms with Gasteiger partial charge < -0.3 is 9.47 Å². The van der Waals surface area contributed by atoms with Crippen LogP contribution in [0.2, 0.25) is 0 Å². The highest BCUT2D eigenvalue weighted by Crippen LogP contribution is 2.24. The summed E-state index contributed by atoms with van der Waals surface area (Å²) in [5.74, 6) is 2.04. The van der Waals surface area contributed by atoms with E-state index in [4.69, 9.17) is 9.47 Å². The quantitative estimate of drug-likeness (QED) is 0.189. The third-order valence-corrected chi connectivity index (χ3v) is 6.57. The summed E-state index contributed by atoms with van der Waals surface area (Å²) < 4.78 is 11.2. The van der Waals surface area contributed by atoms with E-state index in [0.29, 0.717) is 28.0 Å². The van der Waals surface area contributed by atoms with Crippen LogP contribution in [0.4, 0.5) is 0 Å². The largest absolute Gasteiger partial charge is 0.497 e. The number of hydrogen-bond donors (Lipinski definition) is 0. The first-order valence-electron chi connectivity index (χ1n) is 12.7. The third-order valence-electron chi connectivity index (χ3n) is 6.57. The molecular formula is C35H28O4. The molecule has 0 N–H and O–H groups in total. The maximum Gasteiger partial charge on any atom is 0.193 e. The lowest BCUT2D eigenvalue weighted by molar-refractivity contribution is 0.102. The summed E-state index contributed by atoms with van der Waals surface area (Å²) in [5, 5.41) is 0. The lowest BCUT2D eigenvalue weighted by atomic mass is 9.98. The van der Waals surface area contributed by atoms with E-state index < -0.39 is 0 Å². The van der Waals surface area contributed by atoms with E-state index in [1.165, 1.54) is 11.1 Å². The molecule has 5 aromatic carbocycles. The van der Waals surface area contributed by atoms with Crippen LogP contribution in [0.15, 0.2) is 121 Å². The molecule has 0 heterocycles. The van der Waals surface area contributed by atoms with Crippen molar-refractivity contribution < 1.29 is 19.1 Å². The molecule has 0 fully saturated rings. The van der Waals surface area contributed by atoms with Crippen LogP contribution in [-0.2, 0) is 6.42 Å². The van der Waals surface area contributed by atoms with E-state index in [-0.39, 0.29) is 11.6 Å². The highest BCUT2D eigenvalue weighted by Gasteiger charge is 2.13. The molecule has 192 valence electrons. The predicted molar refractivity (Wildman–Crippen MR) is 153 cm³/mol. The zero-order chi connectivity index (χ0) is 27.2. The summed E-state index contributed by atoms with van der Waals surface area (Å²) in [5.41, 5.74) is 5.74. The number of rotatable bonds is 9. The summed E-state index contributed by atoms with van der Waals surface area (Å²) in [6.07, 6.45) is 0.822. The summed E-state index contributed by atoms with van der Waals surface area (Å²) in [6, 6.07) is 37.3. The second kappa shape index (κ2) is 11.6. The van der Waals surface area contributed by atoms with E-state index in [2.05, 4.69) is 12.1 Å². The minimum Gasteiger partial charge on any atom is -0.497 e. The predicted octanol–water partition coefficient (Wildman–Crippen LogP) is 7.85. The Morgan fingerprint density at radius 3 is 1.23 bits per heavy atom. The zero-order valence-corrected chi connectivity index (χ0v) is 21.9. The zero-order valence-electron chi connectivity index (χ0n) is 21.9. The van der Waals surface area contributed by atoms with Crippen molar-refractivity contribution in [3.05, 3.63) is 160 Å². The van der Waals surface area contributed by atoms with Gasteiger partial charge in [0.1, 0.15) is 17.2 Å². The number of carbonyl (C=O) groups is 2. The Hall–Kier alpha value is -4.96. The summed E-state index contributed by atoms with van der Waals surface area (Å²) in [6.45, 7) is 1.98. The highest BCUT2D eigenvalue weighted by atomic mass is 16.5. The smallest absolute Gasteiger partial charge is 0.193 e. The Kier molecular flexibility index (Phi) is 7.65. The van der Waals surface area contributed by atoms with Gasteiger partial charge in [-0.1, -0.05) is 78.4 Å². The summed E-state index contributed by atoms with van der Waals surface area (Å²) in [7, 11) is 1.66. The number of ether oxygens (including phenoxy) is 2. The molecular weight excluding hydrogens is 484 g/mol. The van der Waals surface area contributed by atoms with Crippen molar-refractivity contribution in [1.82, 2.24) is 0 Å². The first kappa shape index (κ1) is 25.7. The number of ketones is 2. The number of methoxy groups -OCH3 is 1. The highest BCUT2D eigenvalue weighted by molar-refractivity contribution is 6.11. The van der Waals surface area contributed by atoms with Gasteiger partial charge in [-0.15, -0.1) is 0 Å². The van der Waals surface area contributed by atoms with Crippen molar-refractivity contribution in [3.8, 4) is 17.2 Å². The van der Waals surface area contributed by atoms with E-state index in [1.54, 1.807) is 55.6 Å². The Bertz CT molecular complexity index is 1560. The van der Waals surface area contributed by atoms with Gasteiger partial charge in [-0.05, 0) is 73.0 Å². The van der Waals surface area contributed by atoms with Crippen molar-refractivity contribution in [3.63, 3.8) is 0 Å². The van der Waals surface area contributed by atoms with Crippen LogP contribution in [0.5, 0.6) is 17.2 Å².